The van der Waals surface area contributed by atoms with Gasteiger partial charge in [0.1, 0.15) is 11.8 Å². The molecule has 0 aliphatic heterocycles. The van der Waals surface area contributed by atoms with Gasteiger partial charge in [-0.05, 0) is 87.2 Å². The number of nitrogens with zero attached hydrogens (tertiary/aromatic N) is 4. The molecule has 0 unspecified atom stereocenters. The molecule has 54 heavy (non-hydrogen) atoms. The summed E-state index contributed by atoms with van der Waals surface area (Å²) in [5, 5.41) is 11.1. The van der Waals surface area contributed by atoms with Gasteiger partial charge in [0.15, 0.2) is 0 Å². The molecule has 5 nitrogen and oxygen atoms in total. The van der Waals surface area contributed by atoms with Gasteiger partial charge < -0.3 is 14.4 Å². The third-order valence-corrected chi connectivity index (χ3v) is 9.08. The van der Waals surface area contributed by atoms with Crippen molar-refractivity contribution in [2.75, 3.05) is 0 Å². The Morgan fingerprint density at radius 2 is 1.56 bits per heavy atom. The van der Waals surface area contributed by atoms with Crippen LogP contribution in [0.2, 0.25) is 0 Å². The topological polar surface area (TPSA) is 75.6 Å². The summed E-state index contributed by atoms with van der Waals surface area (Å²) in [6.45, 7) is 6.87. The Hall–Kier alpha value is -5.80. The molecule has 0 saturated heterocycles. The minimum absolute atomic E-state index is 0. The van der Waals surface area contributed by atoms with E-state index < -0.39 is 6.85 Å². The summed E-state index contributed by atoms with van der Waals surface area (Å²) in [4.78, 5) is 13.1. The Balaban J connectivity index is 0.000000256. The van der Waals surface area contributed by atoms with Crippen LogP contribution in [0.1, 0.15) is 66.0 Å². The van der Waals surface area contributed by atoms with Crippen LogP contribution in [0.15, 0.2) is 126 Å². The summed E-state index contributed by atoms with van der Waals surface area (Å²) < 4.78 is 40.5. The Kier molecular flexibility index (Phi) is 10.4. The van der Waals surface area contributed by atoms with Crippen LogP contribution in [0.3, 0.4) is 0 Å². The maximum Gasteiger partial charge on any atom is 0.217 e. The molecule has 7 heteroatoms. The molecule has 0 spiro atoms. The van der Waals surface area contributed by atoms with Crippen LogP contribution in [-0.2, 0) is 20.1 Å². The first-order valence-electron chi connectivity index (χ1n) is 18.9. The quantitative estimate of drug-likeness (QED) is 0.156. The number of pyridine rings is 3. The van der Waals surface area contributed by atoms with E-state index in [1.54, 1.807) is 18.2 Å². The van der Waals surface area contributed by atoms with Crippen LogP contribution in [-0.4, -0.2) is 15.0 Å². The van der Waals surface area contributed by atoms with E-state index in [1.165, 1.54) is 52.2 Å². The van der Waals surface area contributed by atoms with Crippen molar-refractivity contribution < 1.29 is 33.0 Å². The summed E-state index contributed by atoms with van der Waals surface area (Å²) in [6.07, 6.45) is 3.17. The largest absolute Gasteiger partial charge is 0.486 e. The maximum absolute atomic E-state index is 12.7. The SMILES string of the molecule is CC(C)c1cc(-c2ccccc2)cc(C(C)C)c1-c1ccnc(-c2[c-]ccc3c2oc2nc(C#N)ccc23)c1.[2H]C([2H])([2H])c1ccc(-c2[c-]cc(F)cc2)nc1.[Ir]. The first kappa shape index (κ1) is 34.0. The van der Waals surface area contributed by atoms with Gasteiger partial charge in [0.25, 0.3) is 0 Å². The monoisotopic (exact) mass is 888 g/mol. The minimum atomic E-state index is -2.15. The van der Waals surface area contributed by atoms with Crippen LogP contribution in [0, 0.1) is 36.1 Å². The molecule has 4 heterocycles. The van der Waals surface area contributed by atoms with Gasteiger partial charge in [0.05, 0.1) is 5.58 Å². The number of rotatable bonds is 6. The van der Waals surface area contributed by atoms with Gasteiger partial charge in [-0.1, -0.05) is 99.3 Å². The van der Waals surface area contributed by atoms with E-state index in [2.05, 4.69) is 110 Å². The standard InChI is InChI=1S/C35H28N3O.C12H9FN.Ir/c1-21(2)30-17-25(23-9-6-5-7-10-23)18-31(22(3)4)33(30)24-15-16-37-32(19-24)29-12-8-11-27-28-14-13-26(20-36)38-35(28)39-34(27)29;1-9-2-7-12(14-8-9)10-3-5-11(13)6-4-10;/h5-11,13-19,21-22H,1-4H3;2-3,5-8H,1H3;/q2*-1;/i;1D3;. The third-order valence-electron chi connectivity index (χ3n) is 9.08. The molecule has 4 aromatic carbocycles. The van der Waals surface area contributed by atoms with Crippen molar-refractivity contribution in [2.24, 2.45) is 0 Å². The second-order valence-electron chi connectivity index (χ2n) is 13.3. The van der Waals surface area contributed by atoms with Crippen molar-refractivity contribution >= 4 is 22.1 Å². The average Bonchev–Trinajstić information content (AvgIpc) is 3.59. The van der Waals surface area contributed by atoms with Crippen LogP contribution in [0.5, 0.6) is 0 Å². The Labute approximate surface area is 333 Å². The normalized spacial score (nSPS) is 12.0. The fourth-order valence-electron chi connectivity index (χ4n) is 6.44. The molecule has 0 atom stereocenters. The van der Waals surface area contributed by atoms with E-state index >= 15 is 0 Å². The van der Waals surface area contributed by atoms with Crippen LogP contribution in [0.4, 0.5) is 4.39 Å². The van der Waals surface area contributed by atoms with Crippen molar-refractivity contribution in [3.63, 3.8) is 0 Å². The molecule has 0 aliphatic carbocycles. The van der Waals surface area contributed by atoms with Gasteiger partial charge in [-0.2, -0.15) is 5.26 Å². The zero-order valence-corrected chi connectivity index (χ0v) is 32.5. The molecule has 8 rings (SSSR count). The summed E-state index contributed by atoms with van der Waals surface area (Å²) in [6, 6.07) is 42.3. The Morgan fingerprint density at radius 3 is 2.20 bits per heavy atom. The molecule has 0 aliphatic rings. The maximum atomic E-state index is 12.7. The number of aryl methyl sites for hydroxylation is 1. The van der Waals surface area contributed by atoms with E-state index in [4.69, 9.17) is 13.5 Å². The van der Waals surface area contributed by atoms with Crippen molar-refractivity contribution in [1.29, 1.82) is 5.26 Å². The summed E-state index contributed by atoms with van der Waals surface area (Å²) in [7, 11) is 0. The third kappa shape index (κ3) is 7.92. The molecule has 4 aromatic heterocycles. The molecule has 269 valence electrons. The molecular formula is C47H37FIrN4O-2. The van der Waals surface area contributed by atoms with Gasteiger partial charge in [0.2, 0.25) is 5.71 Å². The molecule has 0 fully saturated rings. The number of furan rings is 1. The second kappa shape index (κ2) is 16.5. The first-order chi connectivity index (χ1) is 26.9. The Bertz CT molecular complexity index is 2680. The van der Waals surface area contributed by atoms with Crippen molar-refractivity contribution in [2.45, 2.75) is 46.4 Å². The zero-order chi connectivity index (χ0) is 39.6. The molecular weight excluding hydrogens is 848 g/mol. The van der Waals surface area contributed by atoms with E-state index in [9.17, 15) is 9.65 Å². The number of benzene rings is 4. The van der Waals surface area contributed by atoms with Gasteiger partial charge in [-0.15, -0.1) is 48.0 Å². The molecule has 8 aromatic rings. The minimum Gasteiger partial charge on any atom is -0.486 e. The second-order valence-corrected chi connectivity index (χ2v) is 13.3. The smallest absolute Gasteiger partial charge is 0.217 e. The predicted molar refractivity (Wildman–Crippen MR) is 211 cm³/mol. The van der Waals surface area contributed by atoms with E-state index in [0.29, 0.717) is 40.1 Å². The number of nitriles is 1. The molecule has 0 amide bonds. The van der Waals surface area contributed by atoms with Gasteiger partial charge in [-0.25, -0.2) is 4.98 Å². The van der Waals surface area contributed by atoms with E-state index in [-0.39, 0.29) is 31.5 Å². The van der Waals surface area contributed by atoms with E-state index in [1.807, 2.05) is 24.4 Å². The van der Waals surface area contributed by atoms with Gasteiger partial charge in [0, 0.05) is 47.8 Å². The van der Waals surface area contributed by atoms with Crippen molar-refractivity contribution in [1.82, 2.24) is 15.0 Å². The van der Waals surface area contributed by atoms with Crippen LogP contribution >= 0.6 is 0 Å². The number of halogens is 1. The Morgan fingerprint density at radius 1 is 0.778 bits per heavy atom. The average molecular weight is 888 g/mol. The van der Waals surface area contributed by atoms with Crippen LogP contribution < -0.4 is 0 Å². The number of aromatic nitrogens is 3. The number of fused-ring (bicyclic) bond motifs is 3. The van der Waals surface area contributed by atoms with E-state index in [0.717, 1.165) is 27.6 Å². The van der Waals surface area contributed by atoms with Crippen LogP contribution in [0.25, 0.3) is 66.8 Å². The molecule has 0 bridgehead atoms. The van der Waals surface area contributed by atoms with Crippen molar-refractivity contribution in [3.8, 4) is 50.8 Å². The fourth-order valence-corrected chi connectivity index (χ4v) is 6.44. The first-order valence-corrected chi connectivity index (χ1v) is 17.4. The molecule has 1 radical (unpaired) electrons. The summed E-state index contributed by atoms with van der Waals surface area (Å²) in [5.74, 6) is 0.306. The molecule has 0 saturated carbocycles. The number of hydrogen-bond donors (Lipinski definition) is 0. The summed E-state index contributed by atoms with van der Waals surface area (Å²) >= 11 is 0. The fraction of sp³-hybridized carbons (Fsp3) is 0.149. The number of hydrogen-bond acceptors (Lipinski definition) is 5. The molecule has 0 N–H and O–H groups in total. The van der Waals surface area contributed by atoms with Crippen molar-refractivity contribution in [3.05, 3.63) is 162 Å². The van der Waals surface area contributed by atoms with Gasteiger partial charge >= 0.3 is 0 Å². The predicted octanol–water partition coefficient (Wildman–Crippen LogP) is 12.3. The zero-order valence-electron chi connectivity index (χ0n) is 33.1. The summed E-state index contributed by atoms with van der Waals surface area (Å²) in [5.41, 5.74) is 11.9. The van der Waals surface area contributed by atoms with Gasteiger partial charge in [-0.3, -0.25) is 4.39 Å².